The van der Waals surface area contributed by atoms with Crippen molar-refractivity contribution in [3.63, 3.8) is 0 Å². The molecule has 5 heteroatoms. The summed E-state index contributed by atoms with van der Waals surface area (Å²) in [5.41, 5.74) is 0. The summed E-state index contributed by atoms with van der Waals surface area (Å²) in [6.45, 7) is 0. The van der Waals surface area contributed by atoms with E-state index in [1.807, 2.05) is 47.0 Å². The van der Waals surface area contributed by atoms with Crippen LogP contribution in [0, 0.1) is 0 Å². The number of hydrogen-bond acceptors (Lipinski definition) is 4. The summed E-state index contributed by atoms with van der Waals surface area (Å²) >= 11 is 7.28. The van der Waals surface area contributed by atoms with Crippen molar-refractivity contribution in [3.05, 3.63) is 30.1 Å². The largest absolute Gasteiger partial charge is 1.00 e. The Morgan fingerprint density at radius 3 is 1.27 bits per heavy atom. The second kappa shape index (κ2) is 5.37. The summed E-state index contributed by atoms with van der Waals surface area (Å²) in [5, 5.41) is 8.53. The second-order valence-electron chi connectivity index (χ2n) is 1.59. The van der Waals surface area contributed by atoms with Crippen molar-refractivity contribution in [2.24, 2.45) is 0 Å². The van der Waals surface area contributed by atoms with Crippen LogP contribution in [0.1, 0.15) is 1.43 Å². The molecule has 0 atom stereocenters. The molecule has 0 fully saturated rings. The molecule has 0 spiro atoms. The van der Waals surface area contributed by atoms with Crippen molar-refractivity contribution >= 4 is 47.0 Å². The van der Waals surface area contributed by atoms with Gasteiger partial charge >= 0.3 is 29.6 Å². The maximum absolute atomic E-state index is 2.13. The molecule has 0 nitrogen and oxygen atoms in total. The normalized spacial score (nSPS) is 21.1. The Balaban J connectivity index is 0.000000605. The van der Waals surface area contributed by atoms with Gasteiger partial charge in [-0.2, -0.15) is 0 Å². The van der Waals surface area contributed by atoms with Crippen molar-refractivity contribution in [2.45, 2.75) is 0 Å². The summed E-state index contributed by atoms with van der Waals surface area (Å²) in [7, 11) is 0. The van der Waals surface area contributed by atoms with Gasteiger partial charge in [-0.3, -0.25) is 0 Å². The van der Waals surface area contributed by atoms with Crippen molar-refractivity contribution in [3.8, 4) is 0 Å². The Bertz CT molecular complexity index is 192. The van der Waals surface area contributed by atoms with Crippen LogP contribution in [0.4, 0.5) is 0 Å². The Morgan fingerprint density at radius 1 is 0.727 bits per heavy atom. The fraction of sp³-hybridized carbons (Fsp3) is 0. The molecule has 11 heavy (non-hydrogen) atoms. The molecule has 0 aromatic heterocycles. The SMILES string of the molecule is C1=CSC(=C2SC=CS2)S1.[H-].[Na+]. The monoisotopic (exact) mass is 228 g/mol. The second-order valence-corrected chi connectivity index (χ2v) is 5.77. The van der Waals surface area contributed by atoms with Crippen molar-refractivity contribution in [1.29, 1.82) is 0 Å². The molecule has 0 N–H and O–H groups in total. The summed E-state index contributed by atoms with van der Waals surface area (Å²) in [4.78, 5) is 0. The van der Waals surface area contributed by atoms with Crippen LogP contribution < -0.4 is 29.6 Å². The van der Waals surface area contributed by atoms with Gasteiger partial charge in [-0.1, -0.05) is 47.0 Å². The predicted octanol–water partition coefficient (Wildman–Crippen LogP) is 1.13. The van der Waals surface area contributed by atoms with Gasteiger partial charge in [0.1, 0.15) is 0 Å². The van der Waals surface area contributed by atoms with Gasteiger partial charge in [-0.05, 0) is 21.6 Å². The van der Waals surface area contributed by atoms with E-state index in [4.69, 9.17) is 0 Å². The Labute approximate surface area is 107 Å². The third-order valence-electron chi connectivity index (χ3n) is 0.978. The molecule has 0 bridgehead atoms. The molecule has 2 heterocycles. The zero-order chi connectivity index (χ0) is 6.81. The maximum atomic E-state index is 2.13. The van der Waals surface area contributed by atoms with E-state index >= 15 is 0 Å². The van der Waals surface area contributed by atoms with Gasteiger partial charge in [0.15, 0.2) is 0 Å². The Hall–Kier alpha value is 1.62. The Kier molecular flexibility index (Phi) is 5.22. The van der Waals surface area contributed by atoms with Crippen LogP contribution in [0.25, 0.3) is 0 Å². The van der Waals surface area contributed by atoms with Crippen LogP contribution in [0.15, 0.2) is 30.1 Å². The number of hydrogen-bond donors (Lipinski definition) is 0. The van der Waals surface area contributed by atoms with Gasteiger partial charge in [0.2, 0.25) is 0 Å². The molecule has 0 aromatic rings. The molecular weight excluding hydrogens is 223 g/mol. The van der Waals surface area contributed by atoms with Crippen LogP contribution in [-0.4, -0.2) is 0 Å². The van der Waals surface area contributed by atoms with Crippen LogP contribution in [-0.2, 0) is 0 Å². The minimum absolute atomic E-state index is 0. The smallest absolute Gasteiger partial charge is 1.00 e. The average Bonchev–Trinajstić information content (AvgIpc) is 2.59. The average molecular weight is 228 g/mol. The fourth-order valence-corrected chi connectivity index (χ4v) is 4.64. The van der Waals surface area contributed by atoms with Gasteiger partial charge < -0.3 is 1.43 Å². The van der Waals surface area contributed by atoms with Crippen LogP contribution >= 0.6 is 47.0 Å². The van der Waals surface area contributed by atoms with Crippen LogP contribution in [0.3, 0.4) is 0 Å². The predicted molar refractivity (Wildman–Crippen MR) is 56.8 cm³/mol. The molecule has 0 unspecified atom stereocenters. The van der Waals surface area contributed by atoms with Crippen LogP contribution in [0.5, 0.6) is 0 Å². The van der Waals surface area contributed by atoms with Gasteiger partial charge in [0.05, 0.1) is 8.47 Å². The molecular formula is C6H5NaS4. The third-order valence-corrected chi connectivity index (χ3v) is 5.76. The molecule has 0 saturated heterocycles. The first-order chi connectivity index (χ1) is 4.97. The number of rotatable bonds is 0. The van der Waals surface area contributed by atoms with E-state index in [2.05, 4.69) is 21.6 Å². The molecule has 0 aromatic carbocycles. The van der Waals surface area contributed by atoms with E-state index in [9.17, 15) is 0 Å². The zero-order valence-electron chi connectivity index (χ0n) is 6.94. The van der Waals surface area contributed by atoms with Crippen molar-refractivity contribution in [2.75, 3.05) is 0 Å². The van der Waals surface area contributed by atoms with Crippen LogP contribution in [0.2, 0.25) is 0 Å². The topological polar surface area (TPSA) is 0 Å². The molecule has 2 aliphatic rings. The van der Waals surface area contributed by atoms with E-state index in [1.165, 1.54) is 8.47 Å². The summed E-state index contributed by atoms with van der Waals surface area (Å²) in [5.74, 6) is 0. The van der Waals surface area contributed by atoms with Gasteiger partial charge in [-0.25, -0.2) is 0 Å². The third kappa shape index (κ3) is 2.79. The molecule has 0 amide bonds. The molecule has 0 aliphatic carbocycles. The summed E-state index contributed by atoms with van der Waals surface area (Å²) in [6, 6.07) is 0. The Morgan fingerprint density at radius 2 is 1.00 bits per heavy atom. The van der Waals surface area contributed by atoms with Crippen molar-refractivity contribution < 1.29 is 31.0 Å². The standard InChI is InChI=1S/C6H4S4.Na.H/c1-2-8-5(7-1)6-9-3-4-10-6;;/h1-4H;;/q;+1;-1. The molecule has 54 valence electrons. The van der Waals surface area contributed by atoms with Gasteiger partial charge in [0.25, 0.3) is 0 Å². The molecule has 2 rings (SSSR count). The van der Waals surface area contributed by atoms with Gasteiger partial charge in [-0.15, -0.1) is 0 Å². The first-order valence-electron chi connectivity index (χ1n) is 2.68. The molecule has 0 radical (unpaired) electrons. The first kappa shape index (κ1) is 10.7. The van der Waals surface area contributed by atoms with E-state index in [-0.39, 0.29) is 31.0 Å². The van der Waals surface area contributed by atoms with E-state index in [0.29, 0.717) is 0 Å². The maximum Gasteiger partial charge on any atom is 1.00 e. The summed E-state index contributed by atoms with van der Waals surface area (Å²) in [6.07, 6.45) is 0. The zero-order valence-corrected chi connectivity index (χ0v) is 11.2. The minimum Gasteiger partial charge on any atom is -1.00 e. The van der Waals surface area contributed by atoms with E-state index in [0.717, 1.165) is 0 Å². The first-order valence-corrected chi connectivity index (χ1v) is 6.19. The molecule has 0 saturated carbocycles. The summed E-state index contributed by atoms with van der Waals surface area (Å²) < 4.78 is 2.86. The number of thioether (sulfide) groups is 4. The van der Waals surface area contributed by atoms with Gasteiger partial charge in [0, 0.05) is 0 Å². The minimum atomic E-state index is 0. The van der Waals surface area contributed by atoms with Crippen molar-refractivity contribution in [1.82, 2.24) is 0 Å². The van der Waals surface area contributed by atoms with E-state index < -0.39 is 0 Å². The fourth-order valence-electron chi connectivity index (χ4n) is 0.606. The quantitative estimate of drug-likeness (QED) is 0.570. The molecule has 2 aliphatic heterocycles. The van der Waals surface area contributed by atoms with E-state index in [1.54, 1.807) is 0 Å².